The maximum atomic E-state index is 12.5. The number of quaternary nitrogens is 1. The average molecular weight is 397 g/mol. The number of Topliss-reactive ketones (excluding diaryl/α,β-unsaturated/α-hetero) is 1. The fourth-order valence-corrected chi connectivity index (χ4v) is 2.10. The second-order valence-corrected chi connectivity index (χ2v) is 8.72. The third-order valence-corrected chi connectivity index (χ3v) is 3.84. The van der Waals surface area contributed by atoms with Gasteiger partial charge in [-0.25, -0.2) is 4.98 Å². The van der Waals surface area contributed by atoms with Gasteiger partial charge >= 0.3 is 0 Å². The Morgan fingerprint density at radius 2 is 1.85 bits per heavy atom. The van der Waals surface area contributed by atoms with Crippen molar-refractivity contribution < 1.29 is 19.1 Å². The van der Waals surface area contributed by atoms with Gasteiger partial charge in [0, 0.05) is 22.8 Å². The molecular weight excluding hydrogens is 366 g/mol. The van der Waals surface area contributed by atoms with E-state index in [0.29, 0.717) is 10.8 Å². The third kappa shape index (κ3) is 8.56. The van der Waals surface area contributed by atoms with E-state index in [4.69, 9.17) is 21.4 Å². The summed E-state index contributed by atoms with van der Waals surface area (Å²) in [6, 6.07) is 6.93. The molecule has 2 rings (SSSR count). The number of imidazole rings is 1. The molecule has 1 heterocycles. The monoisotopic (exact) mass is 396 g/mol. The Hall–Kier alpha value is -1.89. The van der Waals surface area contributed by atoms with Crippen molar-refractivity contribution in [2.45, 2.75) is 27.0 Å². The molecule has 0 bridgehead atoms. The van der Waals surface area contributed by atoms with Gasteiger partial charge < -0.3 is 14.3 Å². The van der Waals surface area contributed by atoms with Crippen LogP contribution in [0.3, 0.4) is 0 Å². The number of carbonyl (C=O) groups is 1. The highest BCUT2D eigenvalue weighted by atomic mass is 35.5. The van der Waals surface area contributed by atoms with Gasteiger partial charge in [0.2, 0.25) is 6.23 Å². The van der Waals surface area contributed by atoms with Crippen LogP contribution in [-0.4, -0.2) is 59.2 Å². The zero-order valence-corrected chi connectivity index (χ0v) is 17.8. The van der Waals surface area contributed by atoms with E-state index in [1.807, 2.05) is 20.8 Å². The molecule has 0 spiro atoms. The molecule has 1 unspecified atom stereocenters. The van der Waals surface area contributed by atoms with Crippen LogP contribution in [0.15, 0.2) is 43.0 Å². The number of ether oxygens (including phenoxy) is 1. The van der Waals surface area contributed by atoms with Crippen molar-refractivity contribution in [1.82, 2.24) is 9.55 Å². The minimum absolute atomic E-state index is 0.0227. The largest absolute Gasteiger partial charge is 0.463 e. The van der Waals surface area contributed by atoms with E-state index in [0.717, 1.165) is 11.0 Å². The highest BCUT2D eigenvalue weighted by Crippen LogP contribution is 2.27. The van der Waals surface area contributed by atoms with Crippen molar-refractivity contribution in [1.29, 1.82) is 0 Å². The number of aliphatic hydroxyl groups is 1. The Bertz CT molecular complexity index is 687. The van der Waals surface area contributed by atoms with Gasteiger partial charge in [0.25, 0.3) is 0 Å². The summed E-state index contributed by atoms with van der Waals surface area (Å²) in [6.07, 6.45) is 4.17. The summed E-state index contributed by atoms with van der Waals surface area (Å²) >= 11 is 5.85. The first kappa shape index (κ1) is 23.1. The highest BCUT2D eigenvalue weighted by Gasteiger charge is 2.32. The molecule has 1 N–H and O–H groups in total. The summed E-state index contributed by atoms with van der Waals surface area (Å²) in [4.78, 5) is 16.5. The summed E-state index contributed by atoms with van der Waals surface area (Å²) in [5.41, 5.74) is -0.513. The maximum absolute atomic E-state index is 12.5. The van der Waals surface area contributed by atoms with Crippen LogP contribution in [0.5, 0.6) is 5.75 Å². The molecule has 0 fully saturated rings. The predicted molar refractivity (Wildman–Crippen MR) is 108 cm³/mol. The molecule has 0 aliphatic carbocycles. The quantitative estimate of drug-likeness (QED) is 0.760. The summed E-state index contributed by atoms with van der Waals surface area (Å²) in [5, 5.41) is 9.01. The molecule has 0 aliphatic rings. The van der Waals surface area contributed by atoms with E-state index in [9.17, 15) is 4.79 Å². The maximum Gasteiger partial charge on any atom is 0.236 e. The fourth-order valence-electron chi connectivity index (χ4n) is 1.97. The average Bonchev–Trinajstić information content (AvgIpc) is 3.06. The molecule has 27 heavy (non-hydrogen) atoms. The molecule has 6 nitrogen and oxygen atoms in total. The van der Waals surface area contributed by atoms with Gasteiger partial charge in [-0.2, -0.15) is 0 Å². The number of benzene rings is 1. The lowest BCUT2D eigenvalue weighted by molar-refractivity contribution is -0.870. The number of hydrogen-bond donors (Lipinski definition) is 1. The number of aliphatic hydroxyl groups excluding tert-OH is 1. The zero-order chi connectivity index (χ0) is 20.7. The van der Waals surface area contributed by atoms with Crippen molar-refractivity contribution in [3.8, 4) is 5.75 Å². The molecule has 7 heteroatoms. The predicted octanol–water partition coefficient (Wildman–Crippen LogP) is 3.41. The van der Waals surface area contributed by atoms with E-state index in [2.05, 4.69) is 26.1 Å². The normalized spacial score (nSPS) is 12.7. The van der Waals surface area contributed by atoms with Crippen molar-refractivity contribution in [3.05, 3.63) is 48.0 Å². The van der Waals surface area contributed by atoms with Crippen LogP contribution < -0.4 is 4.74 Å². The lowest BCUT2D eigenvalue weighted by atomic mass is 9.89. The van der Waals surface area contributed by atoms with Gasteiger partial charge in [-0.3, -0.25) is 9.36 Å². The van der Waals surface area contributed by atoms with E-state index in [-0.39, 0.29) is 12.4 Å². The molecule has 1 aromatic carbocycles. The number of aromatic nitrogens is 2. The smallest absolute Gasteiger partial charge is 0.236 e. The number of hydrogen-bond acceptors (Lipinski definition) is 4. The van der Waals surface area contributed by atoms with Crippen molar-refractivity contribution in [2.24, 2.45) is 5.41 Å². The number of halogens is 1. The molecular formula is C20H31ClN3O3+. The molecule has 0 saturated heterocycles. The number of likely N-dealkylation sites (N-methyl/N-ethyl adjacent to an activating group) is 1. The van der Waals surface area contributed by atoms with E-state index < -0.39 is 11.6 Å². The van der Waals surface area contributed by atoms with E-state index in [1.165, 1.54) is 0 Å². The molecule has 2 aromatic rings. The van der Waals surface area contributed by atoms with Crippen LogP contribution in [-0.2, 0) is 4.79 Å². The molecule has 0 amide bonds. The lowest BCUT2D eigenvalue weighted by Crippen LogP contribution is -2.36. The van der Waals surface area contributed by atoms with E-state index in [1.54, 1.807) is 47.6 Å². The first-order valence-corrected chi connectivity index (χ1v) is 9.17. The summed E-state index contributed by atoms with van der Waals surface area (Å²) < 4.78 is 8.32. The molecule has 0 radical (unpaired) electrons. The third-order valence-electron chi connectivity index (χ3n) is 3.59. The Morgan fingerprint density at radius 1 is 1.26 bits per heavy atom. The highest BCUT2D eigenvalue weighted by molar-refractivity contribution is 6.30. The van der Waals surface area contributed by atoms with Crippen LogP contribution in [0.2, 0.25) is 5.02 Å². The molecule has 0 saturated carbocycles. The van der Waals surface area contributed by atoms with Crippen LogP contribution in [0.1, 0.15) is 27.0 Å². The topological polar surface area (TPSA) is 64.4 Å². The minimum Gasteiger partial charge on any atom is -0.463 e. The second-order valence-electron chi connectivity index (χ2n) is 8.29. The number of ketones is 1. The molecule has 1 atom stereocenters. The fraction of sp³-hybridized carbons (Fsp3) is 0.500. The van der Waals surface area contributed by atoms with Crippen LogP contribution in [0.25, 0.3) is 0 Å². The minimum atomic E-state index is -0.737. The van der Waals surface area contributed by atoms with Crippen molar-refractivity contribution >= 4 is 17.4 Å². The first-order valence-electron chi connectivity index (χ1n) is 8.79. The summed E-state index contributed by atoms with van der Waals surface area (Å²) in [6.45, 7) is 6.71. The van der Waals surface area contributed by atoms with E-state index >= 15 is 0 Å². The summed E-state index contributed by atoms with van der Waals surface area (Å²) in [5.74, 6) is 0.566. The first-order chi connectivity index (χ1) is 12.4. The molecule has 1 aromatic heterocycles. The SMILES string of the molecule is CC(C)(C)C(=O)C(Oc1ccc(Cl)cc1)n1ccnc1.C[N+](C)(C)CCO. The van der Waals surface area contributed by atoms with Crippen LogP contribution >= 0.6 is 11.6 Å². The standard InChI is InChI=1S/C15H17ClN2O2.C5H14NO/c1-15(2,3)13(19)14(18-9-8-17-10-18)20-12-6-4-11(16)5-7-12;1-6(2,3)4-5-7/h4-10,14H,1-3H3;7H,4-5H2,1-3H3/q;+1. The Kier molecular flexibility index (Phi) is 8.47. The van der Waals surface area contributed by atoms with Crippen molar-refractivity contribution in [3.63, 3.8) is 0 Å². The summed E-state index contributed by atoms with van der Waals surface area (Å²) in [7, 11) is 6.16. The number of nitrogens with zero attached hydrogens (tertiary/aromatic N) is 3. The molecule has 150 valence electrons. The van der Waals surface area contributed by atoms with Gasteiger partial charge in [0.1, 0.15) is 12.3 Å². The Morgan fingerprint density at radius 3 is 2.22 bits per heavy atom. The van der Waals surface area contributed by atoms with Gasteiger partial charge in [-0.05, 0) is 24.3 Å². The number of carbonyl (C=O) groups excluding carboxylic acids is 1. The second kappa shape index (κ2) is 9.88. The van der Waals surface area contributed by atoms with Crippen molar-refractivity contribution in [2.75, 3.05) is 34.3 Å². The zero-order valence-electron chi connectivity index (χ0n) is 17.0. The number of rotatable bonds is 6. The van der Waals surface area contributed by atoms with Gasteiger partial charge in [0.05, 0.1) is 34.1 Å². The van der Waals surface area contributed by atoms with Crippen LogP contribution in [0.4, 0.5) is 0 Å². The Labute approximate surface area is 166 Å². The van der Waals surface area contributed by atoms with Gasteiger partial charge in [-0.1, -0.05) is 32.4 Å². The lowest BCUT2D eigenvalue weighted by Gasteiger charge is -2.26. The van der Waals surface area contributed by atoms with Gasteiger partial charge in [0.15, 0.2) is 5.78 Å². The van der Waals surface area contributed by atoms with Crippen LogP contribution in [0, 0.1) is 5.41 Å². The Balaban J connectivity index is 0.000000445. The van der Waals surface area contributed by atoms with Gasteiger partial charge in [-0.15, -0.1) is 0 Å². The molecule has 0 aliphatic heterocycles.